The molecule has 1 heterocycles. The van der Waals surface area contributed by atoms with Crippen molar-refractivity contribution in [3.05, 3.63) is 64.7 Å². The molecule has 7 nitrogen and oxygen atoms in total. The third kappa shape index (κ3) is 4.56. The number of rotatable bonds is 6. The van der Waals surface area contributed by atoms with Gasteiger partial charge < -0.3 is 9.47 Å². The van der Waals surface area contributed by atoms with E-state index < -0.39 is 17.8 Å². The maximum absolute atomic E-state index is 11.9. The van der Waals surface area contributed by atoms with Crippen LogP contribution in [0.25, 0.3) is 6.08 Å². The number of barbiturate groups is 1. The highest BCUT2D eigenvalue weighted by atomic mass is 16.5. The van der Waals surface area contributed by atoms with E-state index in [1.807, 2.05) is 48.7 Å². The summed E-state index contributed by atoms with van der Waals surface area (Å²) in [6.45, 7) is 4.68. The van der Waals surface area contributed by atoms with Crippen LogP contribution in [0.15, 0.2) is 48.0 Å². The van der Waals surface area contributed by atoms with Crippen molar-refractivity contribution < 1.29 is 23.9 Å². The minimum absolute atomic E-state index is 0.157. The van der Waals surface area contributed by atoms with Crippen LogP contribution in [0, 0.1) is 6.92 Å². The van der Waals surface area contributed by atoms with Gasteiger partial charge in [0.25, 0.3) is 11.8 Å². The van der Waals surface area contributed by atoms with Crippen molar-refractivity contribution in [2.45, 2.75) is 20.5 Å². The minimum Gasteiger partial charge on any atom is -0.490 e. The molecule has 0 unspecified atom stereocenters. The van der Waals surface area contributed by atoms with E-state index in [1.165, 1.54) is 6.08 Å². The van der Waals surface area contributed by atoms with Crippen LogP contribution in [0.4, 0.5) is 4.79 Å². The summed E-state index contributed by atoms with van der Waals surface area (Å²) >= 11 is 0. The van der Waals surface area contributed by atoms with E-state index in [2.05, 4.69) is 0 Å². The lowest BCUT2D eigenvalue weighted by molar-refractivity contribution is -0.123. The molecule has 0 aliphatic carbocycles. The Kier molecular flexibility index (Phi) is 5.74. The zero-order valence-corrected chi connectivity index (χ0v) is 15.6. The summed E-state index contributed by atoms with van der Waals surface area (Å²) in [6, 6.07) is 12.3. The van der Waals surface area contributed by atoms with Gasteiger partial charge in [-0.15, -0.1) is 0 Å². The van der Waals surface area contributed by atoms with Crippen LogP contribution in [-0.2, 0) is 16.2 Å². The molecule has 0 radical (unpaired) electrons. The number of imide groups is 2. The number of hydrogen-bond acceptors (Lipinski definition) is 5. The van der Waals surface area contributed by atoms with Gasteiger partial charge in [0, 0.05) is 0 Å². The van der Waals surface area contributed by atoms with E-state index in [1.54, 1.807) is 18.2 Å². The molecule has 2 aromatic rings. The molecule has 0 saturated carbocycles. The first-order chi connectivity index (χ1) is 13.5. The Morgan fingerprint density at radius 2 is 1.68 bits per heavy atom. The molecular weight excluding hydrogens is 360 g/mol. The Labute approximate surface area is 162 Å². The quantitative estimate of drug-likeness (QED) is 0.594. The van der Waals surface area contributed by atoms with Gasteiger partial charge in [-0.3, -0.25) is 20.2 Å². The Morgan fingerprint density at radius 3 is 2.36 bits per heavy atom. The van der Waals surface area contributed by atoms with Crippen molar-refractivity contribution in [1.82, 2.24) is 10.6 Å². The molecule has 0 atom stereocenters. The molecule has 4 amide bonds. The van der Waals surface area contributed by atoms with E-state index in [0.717, 1.165) is 11.1 Å². The smallest absolute Gasteiger partial charge is 0.328 e. The predicted octanol–water partition coefficient (Wildman–Crippen LogP) is 2.72. The number of benzene rings is 2. The molecule has 7 heteroatoms. The van der Waals surface area contributed by atoms with Gasteiger partial charge in [-0.25, -0.2) is 4.79 Å². The zero-order valence-electron chi connectivity index (χ0n) is 15.6. The topological polar surface area (TPSA) is 93.7 Å². The highest BCUT2D eigenvalue weighted by Crippen LogP contribution is 2.30. The lowest BCUT2D eigenvalue weighted by atomic mass is 10.1. The van der Waals surface area contributed by atoms with E-state index in [0.29, 0.717) is 30.3 Å². The molecular formula is C21H20N2O5. The summed E-state index contributed by atoms with van der Waals surface area (Å²) in [5.74, 6) is -0.437. The fourth-order valence-corrected chi connectivity index (χ4v) is 2.74. The van der Waals surface area contributed by atoms with Crippen LogP contribution in [0.3, 0.4) is 0 Å². The molecule has 0 spiro atoms. The monoisotopic (exact) mass is 380 g/mol. The molecule has 28 heavy (non-hydrogen) atoms. The number of nitrogens with one attached hydrogen (secondary N) is 2. The van der Waals surface area contributed by atoms with E-state index in [-0.39, 0.29) is 5.57 Å². The van der Waals surface area contributed by atoms with Crippen molar-refractivity contribution in [2.75, 3.05) is 6.61 Å². The SMILES string of the molecule is CCOc1cc(C=C2C(=O)NC(=O)NC2=O)ccc1OCc1cccc(C)c1. The van der Waals surface area contributed by atoms with Gasteiger partial charge in [0.15, 0.2) is 11.5 Å². The number of amides is 4. The fraction of sp³-hybridized carbons (Fsp3) is 0.190. The van der Waals surface area contributed by atoms with Gasteiger partial charge >= 0.3 is 6.03 Å². The van der Waals surface area contributed by atoms with Crippen LogP contribution in [-0.4, -0.2) is 24.5 Å². The third-order valence-electron chi connectivity index (χ3n) is 4.00. The predicted molar refractivity (Wildman–Crippen MR) is 103 cm³/mol. The first-order valence-corrected chi connectivity index (χ1v) is 8.80. The van der Waals surface area contributed by atoms with Gasteiger partial charge in [-0.2, -0.15) is 0 Å². The third-order valence-corrected chi connectivity index (χ3v) is 4.00. The molecule has 1 aliphatic heterocycles. The first-order valence-electron chi connectivity index (χ1n) is 8.80. The summed E-state index contributed by atoms with van der Waals surface area (Å²) in [5, 5.41) is 4.08. The molecule has 3 rings (SSSR count). The number of ether oxygens (including phenoxy) is 2. The number of hydrogen-bond donors (Lipinski definition) is 2. The van der Waals surface area contributed by atoms with Crippen LogP contribution < -0.4 is 20.1 Å². The van der Waals surface area contributed by atoms with Crippen molar-refractivity contribution in [3.63, 3.8) is 0 Å². The number of aryl methyl sites for hydroxylation is 1. The zero-order chi connectivity index (χ0) is 20.1. The van der Waals surface area contributed by atoms with Gasteiger partial charge in [0.05, 0.1) is 6.61 Å². The summed E-state index contributed by atoms with van der Waals surface area (Å²) in [7, 11) is 0. The number of carbonyl (C=O) groups is 3. The average Bonchev–Trinajstić information content (AvgIpc) is 2.64. The van der Waals surface area contributed by atoms with Crippen LogP contribution in [0.2, 0.25) is 0 Å². The summed E-state index contributed by atoms with van der Waals surface area (Å²) in [5.41, 5.74) is 2.60. The number of urea groups is 1. The molecule has 2 aromatic carbocycles. The van der Waals surface area contributed by atoms with Crippen LogP contribution in [0.5, 0.6) is 11.5 Å². The fourth-order valence-electron chi connectivity index (χ4n) is 2.74. The molecule has 1 saturated heterocycles. The van der Waals surface area contributed by atoms with Crippen molar-refractivity contribution >= 4 is 23.9 Å². The summed E-state index contributed by atoms with van der Waals surface area (Å²) in [4.78, 5) is 34.9. The maximum atomic E-state index is 11.9. The molecule has 2 N–H and O–H groups in total. The lowest BCUT2D eigenvalue weighted by Gasteiger charge is -2.15. The van der Waals surface area contributed by atoms with E-state index in [9.17, 15) is 14.4 Å². The summed E-state index contributed by atoms with van der Waals surface area (Å²) < 4.78 is 11.5. The highest BCUT2D eigenvalue weighted by Gasteiger charge is 2.27. The Bertz CT molecular complexity index is 943. The van der Waals surface area contributed by atoms with Crippen LogP contribution in [0.1, 0.15) is 23.6 Å². The molecule has 144 valence electrons. The second kappa shape index (κ2) is 8.39. The van der Waals surface area contributed by atoms with E-state index in [4.69, 9.17) is 9.47 Å². The number of carbonyl (C=O) groups excluding carboxylic acids is 3. The largest absolute Gasteiger partial charge is 0.490 e. The van der Waals surface area contributed by atoms with Gasteiger partial charge in [-0.1, -0.05) is 35.9 Å². The van der Waals surface area contributed by atoms with Gasteiger partial charge in [0.1, 0.15) is 12.2 Å². The molecule has 0 bridgehead atoms. The van der Waals surface area contributed by atoms with Crippen molar-refractivity contribution in [2.24, 2.45) is 0 Å². The molecule has 1 fully saturated rings. The normalized spacial score (nSPS) is 13.6. The Hall–Kier alpha value is -3.61. The second-order valence-electron chi connectivity index (χ2n) is 6.21. The maximum Gasteiger partial charge on any atom is 0.328 e. The summed E-state index contributed by atoms with van der Waals surface area (Å²) in [6.07, 6.45) is 1.39. The Balaban J connectivity index is 1.82. The van der Waals surface area contributed by atoms with Gasteiger partial charge in [-0.05, 0) is 43.2 Å². The first kappa shape index (κ1) is 19.2. The minimum atomic E-state index is -0.831. The average molecular weight is 380 g/mol. The van der Waals surface area contributed by atoms with E-state index >= 15 is 0 Å². The van der Waals surface area contributed by atoms with Crippen LogP contribution >= 0.6 is 0 Å². The van der Waals surface area contributed by atoms with Crippen molar-refractivity contribution in [1.29, 1.82) is 0 Å². The lowest BCUT2D eigenvalue weighted by Crippen LogP contribution is -2.51. The van der Waals surface area contributed by atoms with Gasteiger partial charge in [0.2, 0.25) is 0 Å². The molecule has 1 aliphatic rings. The second-order valence-corrected chi connectivity index (χ2v) is 6.21. The van der Waals surface area contributed by atoms with Crippen molar-refractivity contribution in [3.8, 4) is 11.5 Å². The molecule has 0 aromatic heterocycles. The Morgan fingerprint density at radius 1 is 0.929 bits per heavy atom. The highest BCUT2D eigenvalue weighted by molar-refractivity contribution is 6.31. The standard InChI is InChI=1S/C21H20N2O5/c1-3-27-18-11-14(10-16-19(24)22-21(26)23-20(16)25)7-8-17(18)28-12-15-6-4-5-13(2)9-15/h4-11H,3,12H2,1-2H3,(H2,22,23,24,25,26).